The first-order valence-electron chi connectivity index (χ1n) is 8.20. The second kappa shape index (κ2) is 5.13. The minimum absolute atomic E-state index is 0.405. The third kappa shape index (κ3) is 2.60. The molecular weight excluding hydrogens is 220 g/mol. The third-order valence-corrected chi connectivity index (χ3v) is 5.69. The van der Waals surface area contributed by atoms with E-state index >= 15 is 0 Å². The van der Waals surface area contributed by atoms with Crippen molar-refractivity contribution in [3.8, 4) is 0 Å². The van der Waals surface area contributed by atoms with Crippen LogP contribution in [-0.2, 0) is 0 Å². The molecule has 2 aliphatic carbocycles. The summed E-state index contributed by atoms with van der Waals surface area (Å²) in [6, 6.07) is 1.66. The summed E-state index contributed by atoms with van der Waals surface area (Å²) in [5.74, 6) is 0.953. The third-order valence-electron chi connectivity index (χ3n) is 5.69. The molecule has 0 bridgehead atoms. The summed E-state index contributed by atoms with van der Waals surface area (Å²) < 4.78 is 0. The van der Waals surface area contributed by atoms with E-state index in [9.17, 15) is 0 Å². The Balaban J connectivity index is 1.72. The molecule has 3 rings (SSSR count). The molecule has 0 aromatic heterocycles. The molecule has 0 aromatic rings. The average molecular weight is 250 g/mol. The van der Waals surface area contributed by atoms with Crippen molar-refractivity contribution in [3.63, 3.8) is 0 Å². The fourth-order valence-electron chi connectivity index (χ4n) is 4.22. The number of hydrogen-bond donors (Lipinski definition) is 1. The molecule has 1 N–H and O–H groups in total. The van der Waals surface area contributed by atoms with Gasteiger partial charge in [0, 0.05) is 24.2 Å². The van der Waals surface area contributed by atoms with E-state index in [0.29, 0.717) is 5.54 Å². The second-order valence-corrected chi connectivity index (χ2v) is 7.22. The van der Waals surface area contributed by atoms with Gasteiger partial charge >= 0.3 is 0 Å². The Hall–Kier alpha value is -0.0800. The highest BCUT2D eigenvalue weighted by Gasteiger charge is 2.45. The van der Waals surface area contributed by atoms with E-state index in [-0.39, 0.29) is 0 Å². The fraction of sp³-hybridized carbons (Fsp3) is 1.00. The lowest BCUT2D eigenvalue weighted by Gasteiger charge is -2.42. The molecule has 0 radical (unpaired) electrons. The van der Waals surface area contributed by atoms with Crippen LogP contribution in [0.1, 0.15) is 65.2 Å². The lowest BCUT2D eigenvalue weighted by Crippen LogP contribution is -2.54. The molecule has 2 atom stereocenters. The van der Waals surface area contributed by atoms with Crippen molar-refractivity contribution in [3.05, 3.63) is 0 Å². The molecule has 3 fully saturated rings. The Labute approximate surface area is 113 Å². The summed E-state index contributed by atoms with van der Waals surface area (Å²) in [7, 11) is 0. The van der Waals surface area contributed by atoms with Crippen LogP contribution >= 0.6 is 0 Å². The van der Waals surface area contributed by atoms with Crippen molar-refractivity contribution < 1.29 is 0 Å². The number of nitrogens with zero attached hydrogens (tertiary/aromatic N) is 1. The smallest absolute Gasteiger partial charge is 0.0308 e. The lowest BCUT2D eigenvalue weighted by molar-refractivity contribution is 0.0869. The van der Waals surface area contributed by atoms with Gasteiger partial charge in [-0.05, 0) is 58.4 Å². The van der Waals surface area contributed by atoms with Crippen LogP contribution in [0.15, 0.2) is 0 Å². The maximum absolute atomic E-state index is 3.88. The van der Waals surface area contributed by atoms with Crippen LogP contribution in [0.2, 0.25) is 0 Å². The van der Waals surface area contributed by atoms with Gasteiger partial charge in [-0.2, -0.15) is 0 Å². The quantitative estimate of drug-likeness (QED) is 0.810. The van der Waals surface area contributed by atoms with Crippen LogP contribution < -0.4 is 5.32 Å². The Morgan fingerprint density at radius 2 is 1.72 bits per heavy atom. The van der Waals surface area contributed by atoms with E-state index in [1.165, 1.54) is 64.5 Å². The van der Waals surface area contributed by atoms with Crippen molar-refractivity contribution >= 4 is 0 Å². The maximum Gasteiger partial charge on any atom is 0.0308 e. The van der Waals surface area contributed by atoms with Crippen LogP contribution in [0.3, 0.4) is 0 Å². The van der Waals surface area contributed by atoms with Crippen molar-refractivity contribution in [1.82, 2.24) is 10.2 Å². The summed E-state index contributed by atoms with van der Waals surface area (Å²) in [4.78, 5) is 2.87. The maximum atomic E-state index is 3.88. The zero-order valence-electron chi connectivity index (χ0n) is 12.3. The summed E-state index contributed by atoms with van der Waals surface area (Å²) >= 11 is 0. The molecule has 18 heavy (non-hydrogen) atoms. The number of rotatable bonds is 2. The Morgan fingerprint density at radius 3 is 2.39 bits per heavy atom. The van der Waals surface area contributed by atoms with Gasteiger partial charge in [0.1, 0.15) is 0 Å². The van der Waals surface area contributed by atoms with E-state index in [2.05, 4.69) is 24.1 Å². The number of nitrogens with one attached hydrogen (secondary N) is 1. The molecule has 0 aromatic carbocycles. The minimum atomic E-state index is 0.405. The predicted molar refractivity (Wildman–Crippen MR) is 76.8 cm³/mol. The topological polar surface area (TPSA) is 15.3 Å². The molecular formula is C16H30N2. The van der Waals surface area contributed by atoms with Crippen LogP contribution in [0, 0.1) is 5.92 Å². The molecule has 1 saturated heterocycles. The standard InChI is InChI=1S/C16H30N2/c1-13-10-11-17-16(2,14-8-9-14)12-18(13)15-6-4-3-5-7-15/h13-15,17H,3-12H2,1-2H3. The van der Waals surface area contributed by atoms with Crippen LogP contribution in [0.4, 0.5) is 0 Å². The van der Waals surface area contributed by atoms with Gasteiger partial charge in [-0.1, -0.05) is 19.3 Å². The summed E-state index contributed by atoms with van der Waals surface area (Å²) in [6.45, 7) is 7.45. The molecule has 2 heteroatoms. The Morgan fingerprint density at radius 1 is 1.00 bits per heavy atom. The molecule has 104 valence electrons. The van der Waals surface area contributed by atoms with Gasteiger partial charge in [-0.25, -0.2) is 0 Å². The van der Waals surface area contributed by atoms with Crippen LogP contribution in [0.25, 0.3) is 0 Å². The van der Waals surface area contributed by atoms with Gasteiger partial charge in [0.25, 0.3) is 0 Å². The van der Waals surface area contributed by atoms with Crippen molar-refractivity contribution in [1.29, 1.82) is 0 Å². The van der Waals surface area contributed by atoms with Gasteiger partial charge in [-0.15, -0.1) is 0 Å². The summed E-state index contributed by atoms with van der Waals surface area (Å²) in [5.41, 5.74) is 0.405. The SMILES string of the molecule is CC1CCNC(C)(C2CC2)CN1C1CCCCC1. The minimum Gasteiger partial charge on any atom is -0.310 e. The molecule has 3 aliphatic rings. The van der Waals surface area contributed by atoms with Gasteiger partial charge in [0.2, 0.25) is 0 Å². The average Bonchev–Trinajstić information content (AvgIpc) is 3.20. The Bertz CT molecular complexity index is 281. The van der Waals surface area contributed by atoms with Crippen molar-refractivity contribution in [2.24, 2.45) is 5.92 Å². The van der Waals surface area contributed by atoms with Crippen molar-refractivity contribution in [2.45, 2.75) is 82.8 Å². The molecule has 2 nitrogen and oxygen atoms in total. The van der Waals surface area contributed by atoms with E-state index in [0.717, 1.165) is 18.0 Å². The Kier molecular flexibility index (Phi) is 3.68. The highest BCUT2D eigenvalue weighted by molar-refractivity contribution is 5.03. The highest BCUT2D eigenvalue weighted by Crippen LogP contribution is 2.42. The zero-order chi connectivity index (χ0) is 12.6. The second-order valence-electron chi connectivity index (χ2n) is 7.22. The van der Waals surface area contributed by atoms with Gasteiger partial charge in [0.15, 0.2) is 0 Å². The monoisotopic (exact) mass is 250 g/mol. The summed E-state index contributed by atoms with van der Waals surface area (Å²) in [6.07, 6.45) is 11.5. The zero-order valence-corrected chi connectivity index (χ0v) is 12.3. The van der Waals surface area contributed by atoms with Gasteiger partial charge in [0.05, 0.1) is 0 Å². The molecule has 0 spiro atoms. The largest absolute Gasteiger partial charge is 0.310 e. The molecule has 1 heterocycles. The first-order valence-corrected chi connectivity index (χ1v) is 8.20. The predicted octanol–water partition coefficient (Wildman–Crippen LogP) is 3.17. The van der Waals surface area contributed by atoms with E-state index in [4.69, 9.17) is 0 Å². The van der Waals surface area contributed by atoms with Crippen LogP contribution in [0.5, 0.6) is 0 Å². The lowest BCUT2D eigenvalue weighted by atomic mass is 9.90. The molecule has 2 unspecified atom stereocenters. The first-order chi connectivity index (χ1) is 8.69. The number of hydrogen-bond acceptors (Lipinski definition) is 2. The normalized spacial score (nSPS) is 40.7. The molecule has 1 aliphatic heterocycles. The van der Waals surface area contributed by atoms with Gasteiger partial charge in [-0.3, -0.25) is 4.90 Å². The van der Waals surface area contributed by atoms with Crippen LogP contribution in [-0.4, -0.2) is 35.6 Å². The van der Waals surface area contributed by atoms with Gasteiger partial charge < -0.3 is 5.32 Å². The van der Waals surface area contributed by atoms with Crippen molar-refractivity contribution in [2.75, 3.05) is 13.1 Å². The molecule has 0 amide bonds. The van der Waals surface area contributed by atoms with E-state index in [1.807, 2.05) is 0 Å². The molecule has 2 saturated carbocycles. The van der Waals surface area contributed by atoms with E-state index in [1.54, 1.807) is 0 Å². The highest BCUT2D eigenvalue weighted by atomic mass is 15.2. The summed E-state index contributed by atoms with van der Waals surface area (Å²) in [5, 5.41) is 3.88. The fourth-order valence-corrected chi connectivity index (χ4v) is 4.22. The van der Waals surface area contributed by atoms with E-state index < -0.39 is 0 Å². The first kappa shape index (κ1) is 12.9.